The number of thiazole rings is 1. The van der Waals surface area contributed by atoms with E-state index < -0.39 is 65.6 Å². The van der Waals surface area contributed by atoms with Crippen LogP contribution in [0.3, 0.4) is 0 Å². The highest BCUT2D eigenvalue weighted by atomic mass is 32.1. The maximum absolute atomic E-state index is 14.0. The van der Waals surface area contributed by atoms with Gasteiger partial charge in [-0.05, 0) is 93.3 Å². The van der Waals surface area contributed by atoms with Crippen molar-refractivity contribution < 1.29 is 43.2 Å². The Morgan fingerprint density at radius 1 is 1.12 bits per heavy atom. The fraction of sp³-hybridized carbons (Fsp3) is 0.795. The van der Waals surface area contributed by atoms with Gasteiger partial charge in [0.15, 0.2) is 11.9 Å². The molecule has 314 valence electrons. The number of unbranched alkanes of at least 4 members (excludes halogenated alkanes) is 1. The zero-order valence-corrected chi connectivity index (χ0v) is 35.5. The van der Waals surface area contributed by atoms with E-state index in [4.69, 9.17) is 23.7 Å². The predicted octanol–water partition coefficient (Wildman–Crippen LogP) is 3.91. The van der Waals surface area contributed by atoms with Crippen molar-refractivity contribution in [2.24, 2.45) is 11.8 Å². The summed E-state index contributed by atoms with van der Waals surface area (Å²) in [7, 11) is 5.38. The number of ether oxygens (including phenoxy) is 5. The Balaban J connectivity index is 1.36. The van der Waals surface area contributed by atoms with Gasteiger partial charge < -0.3 is 39.0 Å². The van der Waals surface area contributed by atoms with E-state index in [0.717, 1.165) is 17.1 Å². The van der Waals surface area contributed by atoms with Gasteiger partial charge in [-0.3, -0.25) is 19.2 Å². The maximum atomic E-state index is 14.0. The largest absolute Gasteiger partial charge is 0.458 e. The van der Waals surface area contributed by atoms with Crippen molar-refractivity contribution in [3.05, 3.63) is 17.8 Å². The molecule has 12 atom stereocenters. The molecule has 3 aliphatic heterocycles. The molecule has 16 nitrogen and oxygen atoms in total. The lowest BCUT2D eigenvalue weighted by atomic mass is 9.83. The number of ketones is 1. The van der Waals surface area contributed by atoms with Gasteiger partial charge in [0.05, 0.1) is 30.0 Å². The molecule has 2 aromatic rings. The predicted molar refractivity (Wildman–Crippen MR) is 209 cm³/mol. The lowest BCUT2D eigenvalue weighted by Crippen LogP contribution is -2.61. The van der Waals surface area contributed by atoms with Gasteiger partial charge >= 0.3 is 12.1 Å². The van der Waals surface area contributed by atoms with Gasteiger partial charge in [0.25, 0.3) is 0 Å². The van der Waals surface area contributed by atoms with E-state index >= 15 is 0 Å². The average Bonchev–Trinajstić information content (AvgIpc) is 3.91. The molecule has 2 N–H and O–H groups in total. The second-order valence-electron chi connectivity index (χ2n) is 16.5. The van der Waals surface area contributed by atoms with Crippen molar-refractivity contribution in [3.63, 3.8) is 0 Å². The molecule has 56 heavy (non-hydrogen) atoms. The summed E-state index contributed by atoms with van der Waals surface area (Å²) in [5, 5.41) is 26.2. The molecule has 1 amide bonds. The third-order valence-corrected chi connectivity index (χ3v) is 12.7. The second kappa shape index (κ2) is 18.7. The van der Waals surface area contributed by atoms with Gasteiger partial charge in [-0.2, -0.15) is 0 Å². The number of methoxy groups -OCH3 is 1. The van der Waals surface area contributed by atoms with Gasteiger partial charge in [0, 0.05) is 50.3 Å². The van der Waals surface area contributed by atoms with E-state index in [0.29, 0.717) is 45.3 Å². The third kappa shape index (κ3) is 9.79. The molecule has 3 fully saturated rings. The molecule has 3 unspecified atom stereocenters. The van der Waals surface area contributed by atoms with Crippen LogP contribution in [0.4, 0.5) is 4.79 Å². The minimum absolute atomic E-state index is 0.00586. The second-order valence-corrected chi connectivity index (χ2v) is 17.4. The monoisotopic (exact) mass is 805 g/mol. The fourth-order valence-corrected chi connectivity index (χ4v) is 9.15. The number of esters is 1. The fourth-order valence-electron chi connectivity index (χ4n) is 8.57. The van der Waals surface area contributed by atoms with Crippen molar-refractivity contribution in [1.82, 2.24) is 35.1 Å². The minimum atomic E-state index is -1.21. The summed E-state index contributed by atoms with van der Waals surface area (Å²) in [6.07, 6.45) is 1.92. The van der Waals surface area contributed by atoms with E-state index in [1.165, 1.54) is 18.3 Å². The van der Waals surface area contributed by atoms with E-state index in [9.17, 15) is 19.5 Å². The zero-order valence-electron chi connectivity index (χ0n) is 34.7. The first-order valence-corrected chi connectivity index (χ1v) is 20.9. The number of Topliss-reactive ketones (excluding diaryl/α,β-unsaturated/α-hetero) is 1. The van der Waals surface area contributed by atoms with Crippen LogP contribution in [0.25, 0.3) is 10.7 Å². The standard InChI is InChI=1S/C39H63N7O9S/c1-11-30-39(7)33(46(37(50)55-39)16-13-12-15-45-22-27(42-43-45)34-40-14-17-56-34)26(5)41-21-23(2)20-38(6,51-10)31(19-29(47)25(4)35(49)53-30)54-36-32(48)28(44(8)9)18-24(3)52-36/h14,17,22-26,28,30-33,36,41,48H,11-13,15-16,18-21H2,1-10H3/t23-,24?,25-,26-,28?,30-,31-,32?,33-,36+,38-,39-/m1/s1. The lowest BCUT2D eigenvalue weighted by molar-refractivity contribution is -0.289. The highest BCUT2D eigenvalue weighted by Crippen LogP contribution is 2.39. The van der Waals surface area contributed by atoms with E-state index in [1.807, 2.05) is 65.2 Å². The number of aliphatic hydroxyl groups excluding tert-OH is 1. The summed E-state index contributed by atoms with van der Waals surface area (Å²) in [5.74, 6) is -2.25. The Labute approximate surface area is 334 Å². The first kappa shape index (κ1) is 44.1. The van der Waals surface area contributed by atoms with Crippen LogP contribution in [0.5, 0.6) is 0 Å². The highest BCUT2D eigenvalue weighted by molar-refractivity contribution is 7.13. The molecule has 0 aromatic carbocycles. The molecule has 0 bridgehead atoms. The quantitative estimate of drug-likeness (QED) is 0.190. The van der Waals surface area contributed by atoms with Crippen LogP contribution in [-0.4, -0.2) is 147 Å². The van der Waals surface area contributed by atoms with Crippen LogP contribution in [0.15, 0.2) is 17.8 Å². The van der Waals surface area contributed by atoms with Crippen molar-refractivity contribution in [2.45, 2.75) is 154 Å². The Morgan fingerprint density at radius 2 is 1.86 bits per heavy atom. The first-order chi connectivity index (χ1) is 26.5. The topological polar surface area (TPSA) is 180 Å². The summed E-state index contributed by atoms with van der Waals surface area (Å²) in [4.78, 5) is 49.6. The summed E-state index contributed by atoms with van der Waals surface area (Å²) in [5.41, 5.74) is -1.50. The van der Waals surface area contributed by atoms with E-state index in [-0.39, 0.29) is 30.5 Å². The smallest absolute Gasteiger partial charge is 0.410 e. The van der Waals surface area contributed by atoms with Gasteiger partial charge in [-0.25, -0.2) is 9.78 Å². The highest BCUT2D eigenvalue weighted by Gasteiger charge is 2.58. The molecule has 0 aliphatic carbocycles. The van der Waals surface area contributed by atoms with Gasteiger partial charge in [0.1, 0.15) is 34.6 Å². The summed E-state index contributed by atoms with van der Waals surface area (Å²) in [6.45, 7) is 14.7. The number of aromatic nitrogens is 4. The normalized spacial score (nSPS) is 36.5. The minimum Gasteiger partial charge on any atom is -0.458 e. The van der Waals surface area contributed by atoms with Crippen molar-refractivity contribution >= 4 is 29.2 Å². The first-order valence-electron chi connectivity index (χ1n) is 20.0. The van der Waals surface area contributed by atoms with Gasteiger partial charge in [-0.15, -0.1) is 16.4 Å². The van der Waals surface area contributed by atoms with Crippen LogP contribution in [-0.2, 0) is 39.8 Å². The SMILES string of the molecule is CC[C@H]1OC(=O)[C@H](C)C(=O)C[C@@H](O[C@@H]2OC(C)CC(N(C)C)C2O)[C@](C)(OC)C[C@@H](C)CN[C@H](C)[C@H]2N(CCCCn3cc(-c4nccs4)nn3)C(=O)O[C@]12C. The van der Waals surface area contributed by atoms with Crippen LogP contribution >= 0.6 is 11.3 Å². The molecule has 3 saturated heterocycles. The number of aryl methyl sites for hydroxylation is 1. The number of nitrogens with one attached hydrogen (secondary N) is 1. The number of carbonyl (C=O) groups excluding carboxylic acids is 3. The summed E-state index contributed by atoms with van der Waals surface area (Å²) in [6, 6.07) is -0.996. The summed E-state index contributed by atoms with van der Waals surface area (Å²) < 4.78 is 32.9. The number of likely N-dealkylation sites (N-methyl/N-ethyl adjacent to an activating group) is 1. The number of rotatable bonds is 11. The van der Waals surface area contributed by atoms with E-state index in [2.05, 4.69) is 27.5 Å². The van der Waals surface area contributed by atoms with Crippen molar-refractivity contribution in [3.8, 4) is 10.7 Å². The van der Waals surface area contributed by atoms with E-state index in [1.54, 1.807) is 22.9 Å². The number of amides is 1. The lowest BCUT2D eigenvalue weighted by Gasteiger charge is -2.45. The number of hydrogen-bond acceptors (Lipinski definition) is 15. The molecule has 2 aromatic heterocycles. The molecule has 17 heteroatoms. The average molecular weight is 806 g/mol. The number of aliphatic hydroxyl groups is 1. The van der Waals surface area contributed by atoms with Crippen LogP contribution < -0.4 is 5.32 Å². The van der Waals surface area contributed by atoms with Crippen LogP contribution in [0.2, 0.25) is 0 Å². The van der Waals surface area contributed by atoms with Crippen LogP contribution in [0, 0.1) is 11.8 Å². The molecule has 0 spiro atoms. The summed E-state index contributed by atoms with van der Waals surface area (Å²) >= 11 is 1.50. The Morgan fingerprint density at radius 3 is 2.52 bits per heavy atom. The molecule has 0 radical (unpaired) electrons. The van der Waals surface area contributed by atoms with Crippen molar-refractivity contribution in [1.29, 1.82) is 0 Å². The Hall–Kier alpha value is -3.06. The number of nitrogens with zero attached hydrogens (tertiary/aromatic N) is 6. The molecule has 5 heterocycles. The Bertz CT molecular complexity index is 1610. The van der Waals surface area contributed by atoms with Gasteiger partial charge in [0.2, 0.25) is 0 Å². The Kier molecular flexibility index (Phi) is 14.7. The molecule has 0 saturated carbocycles. The number of carbonyl (C=O) groups is 3. The van der Waals surface area contributed by atoms with Gasteiger partial charge in [-0.1, -0.05) is 19.1 Å². The third-order valence-electron chi connectivity index (χ3n) is 11.9. The van der Waals surface area contributed by atoms with Crippen molar-refractivity contribution in [2.75, 3.05) is 34.3 Å². The van der Waals surface area contributed by atoms with Crippen LogP contribution in [0.1, 0.15) is 87.0 Å². The maximum Gasteiger partial charge on any atom is 0.410 e. The molecular formula is C39H63N7O9S. The number of fused-ring (bicyclic) bond motifs is 1. The zero-order chi connectivity index (χ0) is 40.9. The molecule has 3 aliphatic rings. The molecular weight excluding hydrogens is 743 g/mol. The number of hydrogen-bond donors (Lipinski definition) is 2. The number of cyclic esters (lactones) is 1. The molecule has 5 rings (SSSR count).